The van der Waals surface area contributed by atoms with Crippen LogP contribution < -0.4 is 5.32 Å². The number of aryl methyl sites for hydroxylation is 1. The zero-order valence-corrected chi connectivity index (χ0v) is 11.0. The molecule has 0 aliphatic carbocycles. The smallest absolute Gasteiger partial charge is 0.297 e. The van der Waals surface area contributed by atoms with E-state index in [-0.39, 0.29) is 29.4 Å². The molecule has 1 N–H and O–H groups in total. The molecular weight excluding hydrogens is 254 g/mol. The van der Waals surface area contributed by atoms with Crippen LogP contribution >= 0.6 is 0 Å². The topological polar surface area (TPSA) is 72.5 Å². The molecule has 0 saturated carbocycles. The third-order valence-corrected chi connectivity index (χ3v) is 4.35. The summed E-state index contributed by atoms with van der Waals surface area (Å²) in [7, 11) is -3.74. The number of rotatable bonds is 4. The molecule has 1 amide bonds. The van der Waals surface area contributed by atoms with E-state index >= 15 is 0 Å². The molecule has 1 fully saturated rings. The van der Waals surface area contributed by atoms with Crippen LogP contribution in [-0.4, -0.2) is 27.0 Å². The third-order valence-electron chi connectivity index (χ3n) is 3.06. The quantitative estimate of drug-likeness (QED) is 0.649. The lowest BCUT2D eigenvalue weighted by molar-refractivity contribution is -0.135. The van der Waals surface area contributed by atoms with E-state index in [0.717, 1.165) is 5.56 Å². The molecule has 1 aromatic rings. The number of β-lactam (4-membered cyclic amide) rings is 1. The van der Waals surface area contributed by atoms with Crippen molar-refractivity contribution < 1.29 is 17.4 Å². The van der Waals surface area contributed by atoms with Crippen molar-refractivity contribution in [3.63, 3.8) is 0 Å². The molecular formula is C12H15NO4S. The molecule has 6 heteroatoms. The van der Waals surface area contributed by atoms with Crippen molar-refractivity contribution in [1.29, 1.82) is 0 Å². The van der Waals surface area contributed by atoms with Crippen LogP contribution in [0.5, 0.6) is 0 Å². The first-order valence-corrected chi connectivity index (χ1v) is 7.07. The van der Waals surface area contributed by atoms with Gasteiger partial charge in [0.2, 0.25) is 5.91 Å². The van der Waals surface area contributed by atoms with Gasteiger partial charge < -0.3 is 5.32 Å². The fourth-order valence-corrected chi connectivity index (χ4v) is 2.58. The number of benzene rings is 1. The molecule has 2 atom stereocenters. The highest BCUT2D eigenvalue weighted by molar-refractivity contribution is 7.86. The first kappa shape index (κ1) is 13.0. The first-order valence-electron chi connectivity index (χ1n) is 5.66. The number of amides is 1. The molecule has 0 spiro atoms. The summed E-state index contributed by atoms with van der Waals surface area (Å²) in [5, 5.41) is 2.60. The number of carbonyl (C=O) groups excluding carboxylic acids is 1. The molecule has 2 rings (SSSR count). The Morgan fingerprint density at radius 3 is 2.39 bits per heavy atom. The Morgan fingerprint density at radius 1 is 1.28 bits per heavy atom. The van der Waals surface area contributed by atoms with Gasteiger partial charge >= 0.3 is 0 Å². The minimum absolute atomic E-state index is 0.0247. The lowest BCUT2D eigenvalue weighted by atomic mass is 9.94. The van der Waals surface area contributed by atoms with Crippen LogP contribution in [0.15, 0.2) is 29.2 Å². The second kappa shape index (κ2) is 4.70. The van der Waals surface area contributed by atoms with Gasteiger partial charge in [-0.05, 0) is 19.1 Å². The van der Waals surface area contributed by atoms with Gasteiger partial charge in [0.15, 0.2) is 0 Å². The van der Waals surface area contributed by atoms with Crippen molar-refractivity contribution in [3.8, 4) is 0 Å². The van der Waals surface area contributed by atoms with Crippen LogP contribution in [-0.2, 0) is 19.1 Å². The Labute approximate surface area is 106 Å². The van der Waals surface area contributed by atoms with Crippen molar-refractivity contribution in [1.82, 2.24) is 5.32 Å². The van der Waals surface area contributed by atoms with Gasteiger partial charge in [-0.15, -0.1) is 0 Å². The molecule has 1 aliphatic rings. The highest BCUT2D eigenvalue weighted by Crippen LogP contribution is 2.18. The molecule has 0 bridgehead atoms. The zero-order chi connectivity index (χ0) is 13.3. The van der Waals surface area contributed by atoms with E-state index in [4.69, 9.17) is 4.18 Å². The number of nitrogens with one attached hydrogen (secondary N) is 1. The van der Waals surface area contributed by atoms with Gasteiger partial charge in [0.05, 0.1) is 23.5 Å². The summed E-state index contributed by atoms with van der Waals surface area (Å²) in [4.78, 5) is 11.1. The second-order valence-corrected chi connectivity index (χ2v) is 6.07. The van der Waals surface area contributed by atoms with Gasteiger partial charge in [-0.2, -0.15) is 8.42 Å². The van der Waals surface area contributed by atoms with Crippen LogP contribution in [0.25, 0.3) is 0 Å². The van der Waals surface area contributed by atoms with E-state index in [0.29, 0.717) is 0 Å². The van der Waals surface area contributed by atoms with Gasteiger partial charge in [-0.3, -0.25) is 8.98 Å². The predicted molar refractivity (Wildman–Crippen MR) is 65.4 cm³/mol. The molecule has 0 radical (unpaired) electrons. The van der Waals surface area contributed by atoms with Crippen molar-refractivity contribution in [3.05, 3.63) is 29.8 Å². The van der Waals surface area contributed by atoms with E-state index < -0.39 is 10.1 Å². The van der Waals surface area contributed by atoms with Crippen molar-refractivity contribution in [2.75, 3.05) is 6.61 Å². The fourth-order valence-electron chi connectivity index (χ4n) is 1.65. The number of hydrogen-bond donors (Lipinski definition) is 1. The maximum Gasteiger partial charge on any atom is 0.297 e. The standard InChI is InChI=1S/C12H15NO4S/c1-8-3-5-10(6-4-8)18(15,16)17-7-11-9(2)12(14)13-11/h3-6,9,11H,7H2,1-2H3,(H,13,14)/t9-,11+/m0/s1. The van der Waals surface area contributed by atoms with Gasteiger partial charge in [-0.1, -0.05) is 24.6 Å². The Balaban J connectivity index is 2.00. The predicted octanol–water partition coefficient (Wildman–Crippen LogP) is 0.835. The van der Waals surface area contributed by atoms with Crippen molar-refractivity contribution >= 4 is 16.0 Å². The van der Waals surface area contributed by atoms with E-state index in [1.165, 1.54) is 12.1 Å². The Hall–Kier alpha value is -1.40. The monoisotopic (exact) mass is 269 g/mol. The van der Waals surface area contributed by atoms with E-state index in [9.17, 15) is 13.2 Å². The molecule has 0 unspecified atom stereocenters. The van der Waals surface area contributed by atoms with Crippen molar-refractivity contribution in [2.45, 2.75) is 24.8 Å². The Kier molecular flexibility index (Phi) is 3.41. The summed E-state index contributed by atoms with van der Waals surface area (Å²) >= 11 is 0. The molecule has 98 valence electrons. The zero-order valence-electron chi connectivity index (χ0n) is 10.2. The van der Waals surface area contributed by atoms with Crippen molar-refractivity contribution in [2.24, 2.45) is 5.92 Å². The molecule has 5 nitrogen and oxygen atoms in total. The summed E-state index contributed by atoms with van der Waals surface area (Å²) in [5.41, 5.74) is 0.980. The molecule has 1 heterocycles. The lowest BCUT2D eigenvalue weighted by Gasteiger charge is -2.33. The highest BCUT2D eigenvalue weighted by Gasteiger charge is 2.36. The van der Waals surface area contributed by atoms with Gasteiger partial charge in [0, 0.05) is 0 Å². The molecule has 1 saturated heterocycles. The number of hydrogen-bond acceptors (Lipinski definition) is 4. The largest absolute Gasteiger partial charge is 0.350 e. The van der Waals surface area contributed by atoms with Crippen LogP contribution in [0.4, 0.5) is 0 Å². The summed E-state index contributed by atoms with van der Waals surface area (Å²) in [6, 6.07) is 6.22. The minimum atomic E-state index is -3.74. The number of carbonyl (C=O) groups is 1. The normalized spacial score (nSPS) is 23.3. The van der Waals surface area contributed by atoms with E-state index in [1.54, 1.807) is 19.1 Å². The lowest BCUT2D eigenvalue weighted by Crippen LogP contribution is -2.59. The maximum atomic E-state index is 11.8. The van der Waals surface area contributed by atoms with Gasteiger partial charge in [0.25, 0.3) is 10.1 Å². The fraction of sp³-hybridized carbons (Fsp3) is 0.417. The molecule has 18 heavy (non-hydrogen) atoms. The summed E-state index contributed by atoms with van der Waals surface area (Å²) in [5.74, 6) is -0.269. The minimum Gasteiger partial charge on any atom is -0.350 e. The second-order valence-electron chi connectivity index (χ2n) is 4.46. The first-order chi connectivity index (χ1) is 8.40. The maximum absolute atomic E-state index is 11.8. The van der Waals surface area contributed by atoms with Crippen LogP contribution in [0, 0.1) is 12.8 Å². The Bertz CT molecular complexity index is 550. The molecule has 0 aromatic heterocycles. The van der Waals surface area contributed by atoms with Crippen LogP contribution in [0.3, 0.4) is 0 Å². The third kappa shape index (κ3) is 2.54. The average Bonchev–Trinajstić information content (AvgIpc) is 2.34. The Morgan fingerprint density at radius 2 is 1.89 bits per heavy atom. The van der Waals surface area contributed by atoms with Crippen LogP contribution in [0.1, 0.15) is 12.5 Å². The average molecular weight is 269 g/mol. The van der Waals surface area contributed by atoms with E-state index in [1.807, 2.05) is 6.92 Å². The SMILES string of the molecule is Cc1ccc(S(=O)(=O)OC[C@H]2NC(=O)[C@H]2C)cc1. The van der Waals surface area contributed by atoms with Gasteiger partial charge in [-0.25, -0.2) is 0 Å². The summed E-state index contributed by atoms with van der Waals surface area (Å²) in [6.45, 7) is 3.59. The van der Waals surface area contributed by atoms with Gasteiger partial charge in [0.1, 0.15) is 0 Å². The summed E-state index contributed by atoms with van der Waals surface area (Å²) in [6.07, 6.45) is 0. The van der Waals surface area contributed by atoms with Crippen LogP contribution in [0.2, 0.25) is 0 Å². The van der Waals surface area contributed by atoms with E-state index in [2.05, 4.69) is 5.32 Å². The molecule has 1 aliphatic heterocycles. The highest BCUT2D eigenvalue weighted by atomic mass is 32.2. The summed E-state index contributed by atoms with van der Waals surface area (Å²) < 4.78 is 28.6. The molecule has 1 aromatic carbocycles.